The van der Waals surface area contributed by atoms with Gasteiger partial charge < -0.3 is 10.3 Å². The van der Waals surface area contributed by atoms with Gasteiger partial charge in [0.1, 0.15) is 5.52 Å². The first-order valence-electron chi connectivity index (χ1n) is 2.98. The standard InChI is InChI=1S/C7H6N2O.2ClH/c8-7-5-3-1-2-4-6(5)9-10-7;;/h1-4H,8H2;2*1H. The molecule has 2 rings (SSSR count). The van der Waals surface area contributed by atoms with Crippen molar-refractivity contribution in [3.63, 3.8) is 0 Å². The maximum atomic E-state index is 5.45. The summed E-state index contributed by atoms with van der Waals surface area (Å²) in [6.07, 6.45) is 0. The van der Waals surface area contributed by atoms with Crippen molar-refractivity contribution in [2.45, 2.75) is 0 Å². The SMILES string of the molecule is Cl.Cl.Nc1onc2ccccc12. The topological polar surface area (TPSA) is 52.0 Å². The minimum atomic E-state index is 0. The molecule has 1 heterocycles. The molecule has 0 fully saturated rings. The van der Waals surface area contributed by atoms with Crippen LogP contribution in [0.25, 0.3) is 10.9 Å². The Bertz CT molecular complexity index is 361. The number of aromatic nitrogens is 1. The fourth-order valence-electron chi connectivity index (χ4n) is 0.909. The van der Waals surface area contributed by atoms with Crippen molar-refractivity contribution in [1.29, 1.82) is 0 Å². The zero-order valence-corrected chi connectivity index (χ0v) is 7.69. The average Bonchev–Trinajstić information content (AvgIpc) is 2.34. The lowest BCUT2D eigenvalue weighted by Gasteiger charge is -1.82. The summed E-state index contributed by atoms with van der Waals surface area (Å²) in [6.45, 7) is 0. The van der Waals surface area contributed by atoms with Crippen LogP contribution in [0.5, 0.6) is 0 Å². The predicted molar refractivity (Wildman–Crippen MR) is 52.9 cm³/mol. The first-order valence-corrected chi connectivity index (χ1v) is 2.98. The number of benzene rings is 1. The molecule has 0 saturated carbocycles. The second kappa shape index (κ2) is 4.18. The molecule has 0 spiro atoms. The Balaban J connectivity index is 0.000000605. The summed E-state index contributed by atoms with van der Waals surface area (Å²) in [5.74, 6) is 0.385. The normalized spacial score (nSPS) is 8.67. The van der Waals surface area contributed by atoms with Gasteiger partial charge in [-0.3, -0.25) is 0 Å². The van der Waals surface area contributed by atoms with E-state index in [1.165, 1.54) is 0 Å². The number of nitrogens with zero attached hydrogens (tertiary/aromatic N) is 1. The van der Waals surface area contributed by atoms with Crippen LogP contribution in [-0.2, 0) is 0 Å². The predicted octanol–water partition coefficient (Wildman–Crippen LogP) is 2.25. The van der Waals surface area contributed by atoms with Crippen LogP contribution in [0.15, 0.2) is 28.8 Å². The summed E-state index contributed by atoms with van der Waals surface area (Å²) in [5, 5.41) is 4.60. The second-order valence-electron chi connectivity index (χ2n) is 2.06. The Labute approximate surface area is 81.7 Å². The fraction of sp³-hybridized carbons (Fsp3) is 0. The summed E-state index contributed by atoms with van der Waals surface area (Å²) in [4.78, 5) is 0. The van der Waals surface area contributed by atoms with Crippen LogP contribution in [0.1, 0.15) is 0 Å². The fourth-order valence-corrected chi connectivity index (χ4v) is 0.909. The number of hydrogen-bond acceptors (Lipinski definition) is 3. The molecule has 3 nitrogen and oxygen atoms in total. The van der Waals surface area contributed by atoms with Crippen molar-refractivity contribution in [1.82, 2.24) is 5.16 Å². The number of anilines is 1. The molecule has 66 valence electrons. The molecule has 12 heavy (non-hydrogen) atoms. The second-order valence-corrected chi connectivity index (χ2v) is 2.06. The van der Waals surface area contributed by atoms with Gasteiger partial charge in [-0.05, 0) is 12.1 Å². The van der Waals surface area contributed by atoms with Gasteiger partial charge in [0.05, 0.1) is 5.39 Å². The van der Waals surface area contributed by atoms with Crippen LogP contribution in [0, 0.1) is 0 Å². The highest BCUT2D eigenvalue weighted by Crippen LogP contribution is 2.18. The number of nitrogen functional groups attached to an aromatic ring is 1. The van der Waals surface area contributed by atoms with Crippen molar-refractivity contribution in [2.24, 2.45) is 0 Å². The molecule has 1 aromatic carbocycles. The third-order valence-electron chi connectivity index (χ3n) is 1.41. The van der Waals surface area contributed by atoms with Gasteiger partial charge in [0.2, 0.25) is 5.88 Å². The van der Waals surface area contributed by atoms with Crippen LogP contribution in [0.4, 0.5) is 5.88 Å². The van der Waals surface area contributed by atoms with Gasteiger partial charge in [0, 0.05) is 0 Å². The number of halogens is 2. The molecule has 1 aromatic heterocycles. The van der Waals surface area contributed by atoms with Crippen molar-refractivity contribution in [3.8, 4) is 0 Å². The quantitative estimate of drug-likeness (QED) is 0.720. The molecule has 0 bridgehead atoms. The van der Waals surface area contributed by atoms with Gasteiger partial charge in [-0.15, -0.1) is 24.8 Å². The third kappa shape index (κ3) is 1.62. The van der Waals surface area contributed by atoms with Gasteiger partial charge in [0.15, 0.2) is 0 Å². The first kappa shape index (κ1) is 11.1. The lowest BCUT2D eigenvalue weighted by molar-refractivity contribution is 0.445. The lowest BCUT2D eigenvalue weighted by Crippen LogP contribution is -1.78. The Morgan fingerprint density at radius 1 is 1.17 bits per heavy atom. The van der Waals surface area contributed by atoms with E-state index < -0.39 is 0 Å². The van der Waals surface area contributed by atoms with Crippen LogP contribution in [0.3, 0.4) is 0 Å². The summed E-state index contributed by atoms with van der Waals surface area (Å²) in [7, 11) is 0. The molecule has 0 aliphatic rings. The molecular formula is C7H8Cl2N2O. The summed E-state index contributed by atoms with van der Waals surface area (Å²) < 4.78 is 4.74. The molecule has 2 N–H and O–H groups in total. The van der Waals surface area contributed by atoms with Crippen molar-refractivity contribution >= 4 is 41.6 Å². The number of rotatable bonds is 0. The average molecular weight is 207 g/mol. The van der Waals surface area contributed by atoms with E-state index in [1.54, 1.807) is 0 Å². The van der Waals surface area contributed by atoms with Gasteiger partial charge >= 0.3 is 0 Å². The van der Waals surface area contributed by atoms with Crippen molar-refractivity contribution in [2.75, 3.05) is 5.73 Å². The monoisotopic (exact) mass is 206 g/mol. The van der Waals surface area contributed by atoms with E-state index in [0.29, 0.717) is 5.88 Å². The third-order valence-corrected chi connectivity index (χ3v) is 1.41. The maximum Gasteiger partial charge on any atom is 0.229 e. The summed E-state index contributed by atoms with van der Waals surface area (Å²) >= 11 is 0. The van der Waals surface area contributed by atoms with Crippen LogP contribution in [-0.4, -0.2) is 5.16 Å². The molecule has 2 aromatic rings. The van der Waals surface area contributed by atoms with Gasteiger partial charge in [-0.1, -0.05) is 17.3 Å². The Morgan fingerprint density at radius 3 is 2.50 bits per heavy atom. The molecule has 0 saturated heterocycles. The van der Waals surface area contributed by atoms with Gasteiger partial charge in [-0.25, -0.2) is 0 Å². The van der Waals surface area contributed by atoms with Crippen LogP contribution >= 0.6 is 24.8 Å². The van der Waals surface area contributed by atoms with E-state index in [0.717, 1.165) is 10.9 Å². The van der Waals surface area contributed by atoms with Crippen LogP contribution < -0.4 is 5.73 Å². The number of hydrogen-bond donors (Lipinski definition) is 1. The van der Waals surface area contributed by atoms with E-state index >= 15 is 0 Å². The number of nitrogens with two attached hydrogens (primary N) is 1. The molecule has 0 amide bonds. The Hall–Kier alpha value is -0.930. The Kier molecular flexibility index (Phi) is 3.86. The molecule has 5 heteroatoms. The van der Waals surface area contributed by atoms with Gasteiger partial charge in [0.25, 0.3) is 0 Å². The molecule has 0 aliphatic carbocycles. The minimum Gasteiger partial charge on any atom is -0.367 e. The highest BCUT2D eigenvalue weighted by atomic mass is 35.5. The number of fused-ring (bicyclic) bond motifs is 1. The molecule has 0 radical (unpaired) electrons. The molecule has 0 unspecified atom stereocenters. The maximum absolute atomic E-state index is 5.45. The zero-order chi connectivity index (χ0) is 6.97. The minimum absolute atomic E-state index is 0. The molecule has 0 atom stereocenters. The van der Waals surface area contributed by atoms with Gasteiger partial charge in [-0.2, -0.15) is 0 Å². The molecular weight excluding hydrogens is 199 g/mol. The summed E-state index contributed by atoms with van der Waals surface area (Å²) in [6, 6.07) is 7.52. The summed E-state index contributed by atoms with van der Waals surface area (Å²) in [5.41, 5.74) is 6.25. The Morgan fingerprint density at radius 2 is 1.83 bits per heavy atom. The van der Waals surface area contributed by atoms with E-state index in [4.69, 9.17) is 10.3 Å². The molecule has 0 aliphatic heterocycles. The van der Waals surface area contributed by atoms with E-state index in [-0.39, 0.29) is 24.8 Å². The van der Waals surface area contributed by atoms with E-state index in [1.807, 2.05) is 24.3 Å². The highest BCUT2D eigenvalue weighted by molar-refractivity contribution is 5.86. The van der Waals surface area contributed by atoms with Crippen molar-refractivity contribution < 1.29 is 4.52 Å². The highest BCUT2D eigenvalue weighted by Gasteiger charge is 2.00. The van der Waals surface area contributed by atoms with Crippen molar-refractivity contribution in [3.05, 3.63) is 24.3 Å². The van der Waals surface area contributed by atoms with E-state index in [9.17, 15) is 0 Å². The smallest absolute Gasteiger partial charge is 0.229 e. The van der Waals surface area contributed by atoms with E-state index in [2.05, 4.69) is 5.16 Å². The lowest BCUT2D eigenvalue weighted by atomic mass is 10.2. The first-order chi connectivity index (χ1) is 4.88. The van der Waals surface area contributed by atoms with Crippen LogP contribution in [0.2, 0.25) is 0 Å². The zero-order valence-electron chi connectivity index (χ0n) is 6.06. The largest absolute Gasteiger partial charge is 0.367 e.